The van der Waals surface area contributed by atoms with Gasteiger partial charge in [0.15, 0.2) is 0 Å². The van der Waals surface area contributed by atoms with Gasteiger partial charge in [0.2, 0.25) is 0 Å². The van der Waals surface area contributed by atoms with Gasteiger partial charge in [0.1, 0.15) is 5.82 Å². The maximum Gasteiger partial charge on any atom is 0.251 e. The Kier molecular flexibility index (Phi) is 5.69. The molecule has 0 bridgehead atoms. The van der Waals surface area contributed by atoms with Crippen LogP contribution in [0.25, 0.3) is 10.8 Å². The second-order valence-electron chi connectivity index (χ2n) is 5.03. The lowest BCUT2D eigenvalue weighted by atomic mass is 10.0. The van der Waals surface area contributed by atoms with Crippen molar-refractivity contribution in [1.82, 2.24) is 5.32 Å². The van der Waals surface area contributed by atoms with Crippen molar-refractivity contribution in [2.75, 3.05) is 13.2 Å². The minimum absolute atomic E-state index is 0.173. The molecule has 2 rings (SSSR count). The molecule has 0 unspecified atom stereocenters. The Morgan fingerprint density at radius 3 is 2.48 bits per heavy atom. The average molecular weight is 289 g/mol. The van der Waals surface area contributed by atoms with Crippen LogP contribution < -0.4 is 5.32 Å². The summed E-state index contributed by atoms with van der Waals surface area (Å²) in [5, 5.41) is 12.6. The predicted octanol–water partition coefficient (Wildman–Crippen LogP) is 3.26. The summed E-state index contributed by atoms with van der Waals surface area (Å²) in [5.74, 6) is -0.487. The lowest BCUT2D eigenvalue weighted by Gasteiger charge is -2.08. The fourth-order valence-corrected chi connectivity index (χ4v) is 2.35. The van der Waals surface area contributed by atoms with E-state index in [9.17, 15) is 9.18 Å². The van der Waals surface area contributed by atoms with Gasteiger partial charge in [-0.1, -0.05) is 37.1 Å². The molecule has 0 saturated heterocycles. The number of nitrogens with one attached hydrogen (secondary N) is 1. The Morgan fingerprint density at radius 1 is 1.00 bits per heavy atom. The molecule has 0 fully saturated rings. The molecule has 1 amide bonds. The molecule has 0 aliphatic rings. The number of halogens is 1. The monoisotopic (exact) mass is 289 g/mol. The van der Waals surface area contributed by atoms with Crippen LogP contribution in [0.5, 0.6) is 0 Å². The number of unbranched alkanes of at least 4 members (excludes halogenated alkanes) is 3. The first-order valence-electron chi connectivity index (χ1n) is 7.30. The van der Waals surface area contributed by atoms with E-state index in [4.69, 9.17) is 5.11 Å². The van der Waals surface area contributed by atoms with Gasteiger partial charge in [-0.3, -0.25) is 4.79 Å². The molecule has 2 N–H and O–H groups in total. The summed E-state index contributed by atoms with van der Waals surface area (Å²) >= 11 is 0. The van der Waals surface area contributed by atoms with E-state index in [0.29, 0.717) is 22.9 Å². The molecule has 0 spiro atoms. The molecule has 0 aliphatic carbocycles. The van der Waals surface area contributed by atoms with E-state index in [-0.39, 0.29) is 18.3 Å². The molecule has 0 radical (unpaired) electrons. The van der Waals surface area contributed by atoms with Crippen molar-refractivity contribution < 1.29 is 14.3 Å². The summed E-state index contributed by atoms with van der Waals surface area (Å²) in [4.78, 5) is 12.2. The Balaban J connectivity index is 1.98. The van der Waals surface area contributed by atoms with Crippen LogP contribution in [0, 0.1) is 5.82 Å². The van der Waals surface area contributed by atoms with Gasteiger partial charge in [-0.05, 0) is 30.4 Å². The van der Waals surface area contributed by atoms with Crippen LogP contribution in [0.4, 0.5) is 4.39 Å². The Morgan fingerprint density at radius 2 is 1.71 bits per heavy atom. The lowest BCUT2D eigenvalue weighted by molar-refractivity contribution is 0.0954. The summed E-state index contributed by atoms with van der Waals surface area (Å²) < 4.78 is 13.7. The normalized spacial score (nSPS) is 10.8. The zero-order valence-electron chi connectivity index (χ0n) is 11.9. The highest BCUT2D eigenvalue weighted by Crippen LogP contribution is 2.21. The SMILES string of the molecule is O=C(NCCCCCCO)c1ccc(F)c2ccccc12. The van der Waals surface area contributed by atoms with Crippen molar-refractivity contribution in [3.8, 4) is 0 Å². The van der Waals surface area contributed by atoms with Gasteiger partial charge in [0.25, 0.3) is 5.91 Å². The number of hydrogen-bond donors (Lipinski definition) is 2. The summed E-state index contributed by atoms with van der Waals surface area (Å²) in [6.45, 7) is 0.809. The summed E-state index contributed by atoms with van der Waals surface area (Å²) in [6, 6.07) is 9.85. The van der Waals surface area contributed by atoms with E-state index in [2.05, 4.69) is 5.32 Å². The van der Waals surface area contributed by atoms with Crippen molar-refractivity contribution in [3.05, 3.63) is 47.8 Å². The van der Waals surface area contributed by atoms with Crippen LogP contribution in [0.3, 0.4) is 0 Å². The van der Waals surface area contributed by atoms with Crippen molar-refractivity contribution >= 4 is 16.7 Å². The maximum atomic E-state index is 13.7. The topological polar surface area (TPSA) is 49.3 Å². The van der Waals surface area contributed by atoms with Gasteiger partial charge in [0.05, 0.1) is 0 Å². The minimum atomic E-state index is -0.314. The number of rotatable bonds is 7. The fraction of sp³-hybridized carbons (Fsp3) is 0.353. The summed E-state index contributed by atoms with van der Waals surface area (Å²) in [5.41, 5.74) is 0.502. The van der Waals surface area contributed by atoms with Crippen molar-refractivity contribution in [1.29, 1.82) is 0 Å². The third-order valence-corrected chi connectivity index (χ3v) is 3.49. The standard InChI is InChI=1S/C17H20FNO2/c18-16-10-9-15(13-7-3-4-8-14(13)16)17(21)19-11-5-1-2-6-12-20/h3-4,7-10,20H,1-2,5-6,11-12H2,(H,19,21). The van der Waals surface area contributed by atoms with Gasteiger partial charge in [-0.15, -0.1) is 0 Å². The molecule has 3 nitrogen and oxygen atoms in total. The number of benzene rings is 2. The predicted molar refractivity (Wildman–Crippen MR) is 81.8 cm³/mol. The average Bonchev–Trinajstić information content (AvgIpc) is 2.51. The Labute approximate surface area is 123 Å². The van der Waals surface area contributed by atoms with E-state index in [1.807, 2.05) is 0 Å². The highest BCUT2D eigenvalue weighted by molar-refractivity contribution is 6.07. The minimum Gasteiger partial charge on any atom is -0.396 e. The highest BCUT2D eigenvalue weighted by Gasteiger charge is 2.11. The van der Waals surface area contributed by atoms with Crippen molar-refractivity contribution in [3.63, 3.8) is 0 Å². The van der Waals surface area contributed by atoms with Crippen LogP contribution in [0.2, 0.25) is 0 Å². The van der Waals surface area contributed by atoms with Crippen LogP contribution in [-0.4, -0.2) is 24.2 Å². The summed E-state index contributed by atoms with van der Waals surface area (Å²) in [6.07, 6.45) is 3.62. The molecule has 0 aromatic heterocycles. The fourth-order valence-electron chi connectivity index (χ4n) is 2.35. The maximum absolute atomic E-state index is 13.7. The molecule has 4 heteroatoms. The van der Waals surface area contributed by atoms with Gasteiger partial charge < -0.3 is 10.4 Å². The zero-order chi connectivity index (χ0) is 15.1. The van der Waals surface area contributed by atoms with Crippen molar-refractivity contribution in [2.24, 2.45) is 0 Å². The molecule has 2 aromatic carbocycles. The highest BCUT2D eigenvalue weighted by atomic mass is 19.1. The molecule has 21 heavy (non-hydrogen) atoms. The van der Waals surface area contributed by atoms with Crippen LogP contribution >= 0.6 is 0 Å². The van der Waals surface area contributed by atoms with E-state index in [0.717, 1.165) is 25.7 Å². The first-order valence-corrected chi connectivity index (χ1v) is 7.30. The molecule has 0 aliphatic heterocycles. The van der Waals surface area contributed by atoms with Gasteiger partial charge in [-0.25, -0.2) is 4.39 Å². The second kappa shape index (κ2) is 7.74. The molecule has 0 saturated carbocycles. The first kappa shape index (κ1) is 15.4. The van der Waals surface area contributed by atoms with E-state index >= 15 is 0 Å². The molecule has 0 atom stereocenters. The number of amides is 1. The van der Waals surface area contributed by atoms with Crippen LogP contribution in [-0.2, 0) is 0 Å². The van der Waals surface area contributed by atoms with E-state index < -0.39 is 0 Å². The summed E-state index contributed by atoms with van der Waals surface area (Å²) in [7, 11) is 0. The quantitative estimate of drug-likeness (QED) is 0.769. The van der Waals surface area contributed by atoms with E-state index in [1.54, 1.807) is 24.3 Å². The van der Waals surface area contributed by atoms with Crippen LogP contribution in [0.15, 0.2) is 36.4 Å². The Hall–Kier alpha value is -1.94. The number of fused-ring (bicyclic) bond motifs is 1. The van der Waals surface area contributed by atoms with E-state index in [1.165, 1.54) is 12.1 Å². The van der Waals surface area contributed by atoms with Gasteiger partial charge in [-0.2, -0.15) is 0 Å². The number of hydrogen-bond acceptors (Lipinski definition) is 2. The van der Waals surface area contributed by atoms with Gasteiger partial charge >= 0.3 is 0 Å². The van der Waals surface area contributed by atoms with Crippen LogP contribution in [0.1, 0.15) is 36.0 Å². The zero-order valence-corrected chi connectivity index (χ0v) is 11.9. The number of carbonyl (C=O) groups is 1. The smallest absolute Gasteiger partial charge is 0.251 e. The third kappa shape index (κ3) is 4.02. The molecule has 0 heterocycles. The molecular formula is C17H20FNO2. The largest absolute Gasteiger partial charge is 0.396 e. The van der Waals surface area contributed by atoms with Gasteiger partial charge in [0, 0.05) is 24.1 Å². The molecule has 2 aromatic rings. The second-order valence-corrected chi connectivity index (χ2v) is 5.03. The number of carbonyl (C=O) groups excluding carboxylic acids is 1. The first-order chi connectivity index (χ1) is 10.2. The Bertz CT molecular complexity index is 613. The number of aliphatic hydroxyl groups excluding tert-OH is 1. The lowest BCUT2D eigenvalue weighted by Crippen LogP contribution is -2.24. The molecule has 112 valence electrons. The molecular weight excluding hydrogens is 269 g/mol. The third-order valence-electron chi connectivity index (χ3n) is 3.49. The number of aliphatic hydroxyl groups is 1. The van der Waals surface area contributed by atoms with Crippen molar-refractivity contribution in [2.45, 2.75) is 25.7 Å².